The molecule has 24 heavy (non-hydrogen) atoms. The summed E-state index contributed by atoms with van der Waals surface area (Å²) in [5.41, 5.74) is 5.87. The van der Waals surface area contributed by atoms with E-state index in [4.69, 9.17) is 11.0 Å². The normalized spacial score (nSPS) is 11.4. The molecule has 0 saturated heterocycles. The topological polar surface area (TPSA) is 96.0 Å². The molecule has 2 aromatic carbocycles. The van der Waals surface area contributed by atoms with E-state index >= 15 is 0 Å². The second-order valence-electron chi connectivity index (χ2n) is 5.06. The van der Waals surface area contributed by atoms with E-state index in [1.165, 1.54) is 0 Å². The Balaban J connectivity index is 2.21. The lowest BCUT2D eigenvalue weighted by atomic mass is 10.00. The number of benzene rings is 2. The molecule has 0 spiro atoms. The van der Waals surface area contributed by atoms with Crippen molar-refractivity contribution in [3.8, 4) is 6.07 Å². The van der Waals surface area contributed by atoms with Crippen LogP contribution in [0.3, 0.4) is 0 Å². The predicted octanol–water partition coefficient (Wildman–Crippen LogP) is 1.66. The number of nitrogens with zero attached hydrogens (tertiary/aromatic N) is 1. The van der Waals surface area contributed by atoms with Crippen molar-refractivity contribution >= 4 is 11.8 Å². The highest BCUT2D eigenvalue weighted by molar-refractivity contribution is 5.97. The summed E-state index contributed by atoms with van der Waals surface area (Å²) in [6.07, 6.45) is -0.0113. The molecule has 0 bridgehead atoms. The van der Waals surface area contributed by atoms with Gasteiger partial charge in [-0.1, -0.05) is 18.2 Å². The summed E-state index contributed by atoms with van der Waals surface area (Å²) >= 11 is 0. The maximum absolute atomic E-state index is 13.2. The van der Waals surface area contributed by atoms with Crippen molar-refractivity contribution in [2.45, 2.75) is 12.5 Å². The number of carbonyl (C=O) groups excluding carboxylic acids is 2. The monoisotopic (exact) mass is 329 g/mol. The summed E-state index contributed by atoms with van der Waals surface area (Å²) in [7, 11) is 0. The van der Waals surface area contributed by atoms with Gasteiger partial charge in [0.1, 0.15) is 17.7 Å². The summed E-state index contributed by atoms with van der Waals surface area (Å²) < 4.78 is 26.4. The van der Waals surface area contributed by atoms with Crippen molar-refractivity contribution in [1.82, 2.24) is 5.32 Å². The SMILES string of the molecule is N#Cc1ccccc1C[C@@H](NC(=O)c1cc(F)cc(F)c1)C(N)=O. The number of nitrogens with one attached hydrogen (secondary N) is 1. The standard InChI is InChI=1S/C17H13F2N3O2/c18-13-5-12(6-14(19)8-13)17(24)22-15(16(21)23)7-10-3-1-2-4-11(10)9-20/h1-6,8,15H,7H2,(H2,21,23)(H,22,24)/t15-/m1/s1. The maximum atomic E-state index is 13.2. The number of carbonyl (C=O) groups is 2. The molecule has 0 saturated carbocycles. The van der Waals surface area contributed by atoms with E-state index in [1.54, 1.807) is 24.3 Å². The predicted molar refractivity (Wildman–Crippen MR) is 81.7 cm³/mol. The molecule has 2 rings (SSSR count). The van der Waals surface area contributed by atoms with Crippen LogP contribution in [0.15, 0.2) is 42.5 Å². The first-order valence-corrected chi connectivity index (χ1v) is 6.95. The van der Waals surface area contributed by atoms with Crippen molar-refractivity contribution in [1.29, 1.82) is 5.26 Å². The molecule has 0 aromatic heterocycles. The quantitative estimate of drug-likeness (QED) is 0.873. The Bertz CT molecular complexity index is 811. The molecule has 0 heterocycles. The minimum Gasteiger partial charge on any atom is -0.368 e. The van der Waals surface area contributed by atoms with Crippen LogP contribution in [0.4, 0.5) is 8.78 Å². The van der Waals surface area contributed by atoms with Gasteiger partial charge in [-0.3, -0.25) is 9.59 Å². The van der Waals surface area contributed by atoms with E-state index in [2.05, 4.69) is 5.32 Å². The molecule has 0 radical (unpaired) electrons. The van der Waals surface area contributed by atoms with Crippen molar-refractivity contribution in [3.05, 3.63) is 70.8 Å². The average molecular weight is 329 g/mol. The van der Waals surface area contributed by atoms with Gasteiger partial charge in [0.15, 0.2) is 0 Å². The lowest BCUT2D eigenvalue weighted by Gasteiger charge is -2.16. The minimum absolute atomic E-state index is 0.0113. The number of rotatable bonds is 5. The first-order valence-electron chi connectivity index (χ1n) is 6.95. The first-order chi connectivity index (χ1) is 11.4. The molecule has 2 aromatic rings. The first kappa shape index (κ1) is 17.1. The van der Waals surface area contributed by atoms with Gasteiger partial charge in [0.25, 0.3) is 5.91 Å². The average Bonchev–Trinajstić information content (AvgIpc) is 2.53. The smallest absolute Gasteiger partial charge is 0.252 e. The zero-order chi connectivity index (χ0) is 17.7. The van der Waals surface area contributed by atoms with E-state index in [-0.39, 0.29) is 12.0 Å². The molecular formula is C17H13F2N3O2. The van der Waals surface area contributed by atoms with E-state index in [1.807, 2.05) is 6.07 Å². The van der Waals surface area contributed by atoms with E-state index in [0.717, 1.165) is 12.1 Å². The van der Waals surface area contributed by atoms with Gasteiger partial charge in [-0.2, -0.15) is 5.26 Å². The van der Waals surface area contributed by atoms with E-state index in [0.29, 0.717) is 17.2 Å². The number of nitriles is 1. The molecule has 0 aliphatic heterocycles. The molecule has 0 aliphatic carbocycles. The molecule has 7 heteroatoms. The summed E-state index contributed by atoms with van der Waals surface area (Å²) in [5.74, 6) is -3.49. The highest BCUT2D eigenvalue weighted by Gasteiger charge is 2.21. The van der Waals surface area contributed by atoms with E-state index in [9.17, 15) is 18.4 Å². The van der Waals surface area contributed by atoms with Crippen LogP contribution in [0.2, 0.25) is 0 Å². The summed E-state index contributed by atoms with van der Waals surface area (Å²) in [6, 6.07) is 9.71. The van der Waals surface area contributed by atoms with E-state index < -0.39 is 29.5 Å². The Hall–Kier alpha value is -3.27. The zero-order valence-corrected chi connectivity index (χ0v) is 12.4. The summed E-state index contributed by atoms with van der Waals surface area (Å²) in [4.78, 5) is 23.7. The molecule has 0 fully saturated rings. The van der Waals surface area contributed by atoms with Crippen molar-refractivity contribution < 1.29 is 18.4 Å². The van der Waals surface area contributed by atoms with Crippen molar-refractivity contribution in [2.75, 3.05) is 0 Å². The van der Waals surface area contributed by atoms with Crippen LogP contribution in [0.5, 0.6) is 0 Å². The third kappa shape index (κ3) is 4.14. The van der Waals surface area contributed by atoms with Crippen LogP contribution in [0.1, 0.15) is 21.5 Å². The molecule has 5 nitrogen and oxygen atoms in total. The molecule has 2 amide bonds. The number of nitrogens with two attached hydrogens (primary N) is 1. The second kappa shape index (κ2) is 7.33. The fourth-order valence-electron chi connectivity index (χ4n) is 2.18. The fourth-order valence-corrected chi connectivity index (χ4v) is 2.18. The summed E-state index contributed by atoms with van der Waals surface area (Å²) in [5, 5.41) is 11.4. The van der Waals surface area contributed by atoms with Gasteiger partial charge in [-0.05, 0) is 23.8 Å². The molecule has 122 valence electrons. The Labute approximate surface area is 136 Å². The van der Waals surface area contributed by atoms with Crippen LogP contribution in [0, 0.1) is 23.0 Å². The van der Waals surface area contributed by atoms with Crippen LogP contribution in [0.25, 0.3) is 0 Å². The number of amides is 2. The van der Waals surface area contributed by atoms with Gasteiger partial charge < -0.3 is 11.1 Å². The lowest BCUT2D eigenvalue weighted by molar-refractivity contribution is -0.119. The Morgan fingerprint density at radius 2 is 1.79 bits per heavy atom. The van der Waals surface area contributed by atoms with Crippen LogP contribution in [-0.4, -0.2) is 17.9 Å². The van der Waals surface area contributed by atoms with Gasteiger partial charge in [-0.15, -0.1) is 0 Å². The minimum atomic E-state index is -1.13. The Kier molecular flexibility index (Phi) is 5.22. The highest BCUT2D eigenvalue weighted by Crippen LogP contribution is 2.12. The third-order valence-electron chi connectivity index (χ3n) is 3.34. The zero-order valence-electron chi connectivity index (χ0n) is 12.4. The van der Waals surface area contributed by atoms with Gasteiger partial charge in [0, 0.05) is 18.1 Å². The fraction of sp³-hybridized carbons (Fsp3) is 0.118. The van der Waals surface area contributed by atoms with Crippen LogP contribution >= 0.6 is 0 Å². The van der Waals surface area contributed by atoms with Gasteiger partial charge in [0.2, 0.25) is 5.91 Å². The van der Waals surface area contributed by atoms with Crippen molar-refractivity contribution in [2.24, 2.45) is 5.73 Å². The second-order valence-corrected chi connectivity index (χ2v) is 5.06. The molecule has 0 aliphatic rings. The largest absolute Gasteiger partial charge is 0.368 e. The summed E-state index contributed by atoms with van der Waals surface area (Å²) in [6.45, 7) is 0. The van der Waals surface area contributed by atoms with Crippen molar-refractivity contribution in [3.63, 3.8) is 0 Å². The molecular weight excluding hydrogens is 316 g/mol. The maximum Gasteiger partial charge on any atom is 0.252 e. The highest BCUT2D eigenvalue weighted by atomic mass is 19.1. The van der Waals surface area contributed by atoms with Gasteiger partial charge in [-0.25, -0.2) is 8.78 Å². The molecule has 3 N–H and O–H groups in total. The Morgan fingerprint density at radius 1 is 1.17 bits per heavy atom. The number of hydrogen-bond donors (Lipinski definition) is 2. The molecule has 1 atom stereocenters. The number of primary amides is 1. The molecule has 0 unspecified atom stereocenters. The third-order valence-corrected chi connectivity index (χ3v) is 3.34. The van der Waals surface area contributed by atoms with Gasteiger partial charge in [0.05, 0.1) is 11.6 Å². The lowest BCUT2D eigenvalue weighted by Crippen LogP contribution is -2.46. The Morgan fingerprint density at radius 3 is 2.38 bits per heavy atom. The van der Waals surface area contributed by atoms with Crippen LogP contribution < -0.4 is 11.1 Å². The number of hydrogen-bond acceptors (Lipinski definition) is 3. The van der Waals surface area contributed by atoms with Crippen LogP contribution in [-0.2, 0) is 11.2 Å². The van der Waals surface area contributed by atoms with Gasteiger partial charge >= 0.3 is 0 Å². The number of halogens is 2.